The minimum Gasteiger partial charge on any atom is -0.464 e. The zero-order valence-corrected chi connectivity index (χ0v) is 71.2. The van der Waals surface area contributed by atoms with Gasteiger partial charge in [-0.05, 0) is 159 Å². The Kier molecular flexibility index (Phi) is 30.0. The number of nitrogen functional groups attached to an aromatic ring is 1. The molecule has 5 N–H and O–H groups in total. The van der Waals surface area contributed by atoms with E-state index >= 15 is 0 Å². The van der Waals surface area contributed by atoms with Crippen molar-refractivity contribution in [1.82, 2.24) is 78.2 Å². The molecule has 10 heterocycles. The number of aliphatic hydroxyl groups is 1. The summed E-state index contributed by atoms with van der Waals surface area (Å²) in [7, 11) is -3.87. The van der Waals surface area contributed by atoms with E-state index in [-0.39, 0.29) is 72.5 Å². The van der Waals surface area contributed by atoms with Gasteiger partial charge < -0.3 is 31.1 Å². The van der Waals surface area contributed by atoms with Crippen LogP contribution in [0.4, 0.5) is 93.0 Å². The van der Waals surface area contributed by atoms with Crippen molar-refractivity contribution in [2.75, 3.05) is 53.9 Å². The Morgan fingerprint density at radius 2 is 0.827 bits per heavy atom. The van der Waals surface area contributed by atoms with Gasteiger partial charge in [0.1, 0.15) is 41.4 Å². The summed E-state index contributed by atoms with van der Waals surface area (Å²) in [6.07, 6.45) is -12.4. The van der Waals surface area contributed by atoms with E-state index in [0.717, 1.165) is 36.4 Å². The smallest absolute Gasteiger partial charge is 0.436 e. The molecule has 2 fully saturated rings. The van der Waals surface area contributed by atoms with Crippen LogP contribution in [0, 0.1) is 78.7 Å². The summed E-state index contributed by atoms with van der Waals surface area (Å²) in [5.41, 5.74) is 7.22. The minimum atomic E-state index is -4.87. The van der Waals surface area contributed by atoms with Gasteiger partial charge in [0.25, 0.3) is 16.0 Å². The van der Waals surface area contributed by atoms with Crippen molar-refractivity contribution in [3.63, 3.8) is 0 Å². The summed E-state index contributed by atoms with van der Waals surface area (Å²) < 4.78 is 250. The number of carbonyl (C=O) groups is 4. The number of nitrogens with one attached hydrogen (secondary N) is 2. The average molecular weight is 1900 g/mol. The van der Waals surface area contributed by atoms with Crippen LogP contribution in [0.25, 0.3) is 22.7 Å². The SMILES string of the molecule is Cc1c(Cl)c(C(F)(F)F)nn1C1CCOC1=O.Cc1c(N)cnn1-c1ccc(F)cc1.Cc1c(N2CCC(n3nc(C(F)(F)F)c(Cl)c3C)C2=O)cnn1-c1ccc(F)cc1.Cc1c(NC(=O)C(CCO)n2nc(C(F)(F)F)c(Cl)c2C)cnn1-c1ccc(F)cc1.Cc1c(NC(=O)C(CCOS(C)(=O)=O)n2nc(C(F)(F)F)c(Cl)c2C)cnn1-c1ccc(F)cc1. The summed E-state index contributed by atoms with van der Waals surface area (Å²) in [4.78, 5) is 51.8. The summed E-state index contributed by atoms with van der Waals surface area (Å²) in [6.45, 7) is 11.7. The van der Waals surface area contributed by atoms with Crippen LogP contribution in [-0.2, 0) is 62.9 Å². The maximum Gasteiger partial charge on any atom is 0.436 e. The molecule has 50 heteroatoms. The Bertz CT molecular complexity index is 6100. The maximum absolute atomic E-state index is 13.3. The fourth-order valence-corrected chi connectivity index (χ4v) is 14.2. The van der Waals surface area contributed by atoms with Gasteiger partial charge >= 0.3 is 30.7 Å². The molecular weight excluding hydrogens is 1830 g/mol. The second kappa shape index (κ2) is 39.2. The van der Waals surface area contributed by atoms with Crippen LogP contribution in [0.2, 0.25) is 20.1 Å². The number of benzene rings is 4. The lowest BCUT2D eigenvalue weighted by Crippen LogP contribution is -2.29. The molecule has 4 aromatic carbocycles. The zero-order valence-electron chi connectivity index (χ0n) is 67.4. The first-order valence-electron chi connectivity index (χ1n) is 37.1. The number of halogens is 20. The van der Waals surface area contributed by atoms with Crippen molar-refractivity contribution in [3.8, 4) is 22.7 Å². The second-order valence-corrected chi connectivity index (χ2v) is 31.2. The first-order chi connectivity index (χ1) is 59.3. The van der Waals surface area contributed by atoms with E-state index in [9.17, 15) is 103 Å². The number of aliphatic hydroxyl groups excluding tert-OH is 1. The number of alkyl halides is 12. The highest BCUT2D eigenvalue weighted by atomic mass is 35.5. The number of anilines is 4. The number of carbonyl (C=O) groups excluding carboxylic acids is 4. The summed E-state index contributed by atoms with van der Waals surface area (Å²) >= 11 is 23.0. The zero-order chi connectivity index (χ0) is 93.8. The monoisotopic (exact) mass is 1900 g/mol. The molecule has 2 saturated heterocycles. The maximum atomic E-state index is 13.3. The molecule has 0 aliphatic carbocycles. The minimum absolute atomic E-state index is 0.0543. The van der Waals surface area contributed by atoms with Crippen LogP contribution in [0.3, 0.4) is 0 Å². The predicted octanol–water partition coefficient (Wildman–Crippen LogP) is 16.8. The molecule has 127 heavy (non-hydrogen) atoms. The average Bonchev–Trinajstić information content (AvgIpc) is 1.61. The standard InChI is InChI=1S/C20H20ClF4N5O4S.C19H18ClF4N5O2.C19H16ClF4N5O.C10H10FN3.C9H8ClF3N2O2/c1-11-15(10-26-29(11)14-6-4-13(22)5-7-14)27-19(31)16(8-9-34-35(3,32)33)30-12(2)17(21)18(28-30)20(23,24)25;1-10-14(9-25-28(10)13-5-3-12(21)4-6-13)26-18(31)15(7-8-30)29-11(2)16(20)17(27-29)19(22,23)24;1-10-15(9-25-28(10)13-5-3-12(21)4-6-13)27-8-7-14(18(27)30)29-11(2)16(20)17(26-29)19(22,23)24;1-7-10(12)6-13-14(7)9-4-2-8(11)3-5-9;1-4-6(10)7(9(11,12)13)14-15(4)5-2-3-17-8(5)16/h4-7,10,16H,8-9H2,1-3H3,(H,27,31);3-6,9,15,30H,7-8H2,1-2H3,(H,26,31);3-6,9,14H,7-8H2,1-2H3;2-6H,12H2,1H3;5H,2-3H2,1H3. The molecule has 0 saturated carbocycles. The van der Waals surface area contributed by atoms with E-state index < -0.39 is 150 Å². The third-order valence-electron chi connectivity index (χ3n) is 19.5. The van der Waals surface area contributed by atoms with Crippen LogP contribution < -0.4 is 21.3 Å². The van der Waals surface area contributed by atoms with Crippen molar-refractivity contribution < 1.29 is 112 Å². The molecule has 0 radical (unpaired) electrons. The van der Waals surface area contributed by atoms with E-state index in [1.807, 2.05) is 6.92 Å². The van der Waals surface area contributed by atoms with Crippen molar-refractivity contribution in [1.29, 1.82) is 0 Å². The molecule has 2 aliphatic heterocycles. The van der Waals surface area contributed by atoms with Crippen molar-refractivity contribution >= 4 is 103 Å². The predicted molar refractivity (Wildman–Crippen MR) is 428 cm³/mol. The molecule has 3 amide bonds. The number of ether oxygens (including phenoxy) is 1. The number of hydrogen-bond donors (Lipinski definition) is 4. The molecule has 29 nitrogen and oxygen atoms in total. The van der Waals surface area contributed by atoms with Crippen LogP contribution in [0.5, 0.6) is 0 Å². The Morgan fingerprint density at radius 3 is 1.16 bits per heavy atom. The van der Waals surface area contributed by atoms with Gasteiger partial charge in [0, 0.05) is 32.4 Å². The Hall–Kier alpha value is -11.9. The van der Waals surface area contributed by atoms with Gasteiger partial charge in [-0.1, -0.05) is 46.4 Å². The number of rotatable bonds is 19. The number of nitrogens with two attached hydrogens (primary N) is 1. The highest BCUT2D eigenvalue weighted by Gasteiger charge is 2.46. The highest BCUT2D eigenvalue weighted by molar-refractivity contribution is 7.86. The third kappa shape index (κ3) is 22.4. The van der Waals surface area contributed by atoms with Crippen molar-refractivity contribution in [2.45, 2.75) is 130 Å². The normalized spacial score (nSPS) is 14.7. The molecule has 12 aromatic rings. The number of amides is 3. The van der Waals surface area contributed by atoms with E-state index in [1.54, 1.807) is 60.6 Å². The lowest BCUT2D eigenvalue weighted by atomic mass is 10.2. The quantitative estimate of drug-likeness (QED) is 0.0332. The molecule has 4 unspecified atom stereocenters. The van der Waals surface area contributed by atoms with Gasteiger partial charge in [0.15, 0.2) is 28.8 Å². The van der Waals surface area contributed by atoms with Gasteiger partial charge in [-0.25, -0.2) is 41.1 Å². The Morgan fingerprint density at radius 1 is 0.488 bits per heavy atom. The molecule has 680 valence electrons. The van der Waals surface area contributed by atoms with Crippen LogP contribution in [0.15, 0.2) is 122 Å². The molecule has 14 rings (SSSR count). The van der Waals surface area contributed by atoms with Gasteiger partial charge in [-0.2, -0.15) is 102 Å². The summed E-state index contributed by atoms with van der Waals surface area (Å²) in [6, 6.07) is 18.4. The van der Waals surface area contributed by atoms with Crippen molar-refractivity contribution in [2.24, 2.45) is 0 Å². The van der Waals surface area contributed by atoms with Gasteiger partial charge in [0.05, 0.1) is 155 Å². The first kappa shape index (κ1) is 97.3. The largest absolute Gasteiger partial charge is 0.464 e. The number of cyclic esters (lactones) is 1. The number of aromatic nitrogens is 16. The topological polar surface area (TPSA) is 337 Å². The van der Waals surface area contributed by atoms with Gasteiger partial charge in [-0.3, -0.25) is 37.3 Å². The lowest BCUT2D eigenvalue weighted by molar-refractivity contribution is -0.144. The molecule has 2 aliphatic rings. The third-order valence-corrected chi connectivity index (χ3v) is 21.9. The summed E-state index contributed by atoms with van der Waals surface area (Å²) in [5, 5.41) is 42.8. The molecule has 4 atom stereocenters. The first-order valence-corrected chi connectivity index (χ1v) is 40.5. The van der Waals surface area contributed by atoms with Gasteiger partial charge in [0.2, 0.25) is 11.8 Å². The second-order valence-electron chi connectivity index (χ2n) is 28.0. The Labute approximate surface area is 729 Å². The molecule has 0 spiro atoms. The highest BCUT2D eigenvalue weighted by Crippen LogP contribution is 2.43. The Balaban J connectivity index is 0.000000171. The van der Waals surface area contributed by atoms with E-state index in [1.165, 1.54) is 133 Å². The summed E-state index contributed by atoms with van der Waals surface area (Å²) in [5.74, 6) is -3.99. The lowest BCUT2D eigenvalue weighted by Gasteiger charge is -2.19. The van der Waals surface area contributed by atoms with Crippen molar-refractivity contribution in [3.05, 3.63) is 234 Å². The molecule has 8 aromatic heterocycles. The molecular formula is C77H72Cl4F16N20O9S. The fourth-order valence-electron chi connectivity index (χ4n) is 12.9. The number of nitrogens with zero attached hydrogens (tertiary/aromatic N) is 17. The molecule has 0 bridgehead atoms. The van der Waals surface area contributed by atoms with E-state index in [0.29, 0.717) is 57.6 Å². The van der Waals surface area contributed by atoms with Crippen LogP contribution in [-0.4, -0.2) is 148 Å². The number of esters is 1. The van der Waals surface area contributed by atoms with Gasteiger partial charge in [-0.15, -0.1) is 0 Å². The van der Waals surface area contributed by atoms with E-state index in [4.69, 9.17) is 52.1 Å². The van der Waals surface area contributed by atoms with Crippen LogP contribution in [0.1, 0.15) is 118 Å². The number of hydrogen-bond acceptors (Lipinski definition) is 18. The van der Waals surface area contributed by atoms with Crippen LogP contribution >= 0.6 is 46.4 Å². The fraction of sp³-hybridized carbons (Fsp3) is 0.325. The van der Waals surface area contributed by atoms with E-state index in [2.05, 4.69) is 60.3 Å².